The van der Waals surface area contributed by atoms with Gasteiger partial charge in [-0.2, -0.15) is 0 Å². The Balaban J connectivity index is 2.01. The molecule has 1 saturated heterocycles. The van der Waals surface area contributed by atoms with Crippen LogP contribution in [0.2, 0.25) is 0 Å². The minimum atomic E-state index is -0.533. The van der Waals surface area contributed by atoms with Gasteiger partial charge in [0.15, 0.2) is 0 Å². The molecule has 0 aromatic heterocycles. The van der Waals surface area contributed by atoms with E-state index in [2.05, 4.69) is 33.1 Å². The molecule has 1 unspecified atom stereocenters. The normalized spacial score (nSPS) is 21.9. The Morgan fingerprint density at radius 3 is 2.90 bits per heavy atom. The molecule has 0 aliphatic carbocycles. The average molecular weight is 337 g/mol. The predicted octanol–water partition coefficient (Wildman–Crippen LogP) is 3.35. The van der Waals surface area contributed by atoms with E-state index >= 15 is 0 Å². The van der Waals surface area contributed by atoms with E-state index in [9.17, 15) is 9.59 Å². The van der Waals surface area contributed by atoms with Crippen molar-refractivity contribution >= 4 is 39.0 Å². The summed E-state index contributed by atoms with van der Waals surface area (Å²) < 4.78 is 0.890. The summed E-state index contributed by atoms with van der Waals surface area (Å²) in [6, 6.07) is 4.23. The zero-order valence-electron chi connectivity index (χ0n) is 11.4. The van der Waals surface area contributed by atoms with Crippen molar-refractivity contribution in [2.45, 2.75) is 38.6 Å². The Kier molecular flexibility index (Phi) is 3.54. The van der Waals surface area contributed by atoms with Crippen molar-refractivity contribution in [1.29, 1.82) is 0 Å². The summed E-state index contributed by atoms with van der Waals surface area (Å²) in [6.07, 6.45) is 4.76. The fourth-order valence-corrected chi connectivity index (χ4v) is 3.69. The molecule has 5 heteroatoms. The van der Waals surface area contributed by atoms with Crippen LogP contribution in [-0.2, 0) is 4.79 Å². The number of nitrogens with one attached hydrogen (secondary N) is 1. The highest BCUT2D eigenvalue weighted by molar-refractivity contribution is 9.10. The van der Waals surface area contributed by atoms with Crippen molar-refractivity contribution in [3.63, 3.8) is 0 Å². The largest absolute Gasteiger partial charge is 0.368 e. The molecule has 0 radical (unpaired) electrons. The number of ketones is 1. The molecule has 2 heterocycles. The monoisotopic (exact) mass is 336 g/mol. The van der Waals surface area contributed by atoms with Gasteiger partial charge in [-0.3, -0.25) is 9.59 Å². The highest BCUT2D eigenvalue weighted by Crippen LogP contribution is 2.38. The molecule has 20 heavy (non-hydrogen) atoms. The lowest BCUT2D eigenvalue weighted by atomic mass is 9.98. The first-order valence-corrected chi connectivity index (χ1v) is 7.87. The number of amides is 1. The van der Waals surface area contributed by atoms with Crippen LogP contribution < -0.4 is 10.2 Å². The van der Waals surface area contributed by atoms with Crippen LogP contribution >= 0.6 is 15.9 Å². The quantitative estimate of drug-likeness (QED) is 0.842. The van der Waals surface area contributed by atoms with Gasteiger partial charge < -0.3 is 10.2 Å². The lowest BCUT2D eigenvalue weighted by Gasteiger charge is -2.38. The van der Waals surface area contributed by atoms with Crippen molar-refractivity contribution < 1.29 is 9.59 Å². The minimum absolute atomic E-state index is 0.446. The minimum Gasteiger partial charge on any atom is -0.368 e. The van der Waals surface area contributed by atoms with Gasteiger partial charge in [0, 0.05) is 17.1 Å². The number of nitrogens with zero attached hydrogens (tertiary/aromatic N) is 1. The number of fused-ring (bicyclic) bond motifs is 1. The number of hydrogen-bond acceptors (Lipinski definition) is 3. The molecular weight excluding hydrogens is 320 g/mol. The molecule has 0 spiro atoms. The van der Waals surface area contributed by atoms with Gasteiger partial charge in [-0.15, -0.1) is 0 Å². The summed E-state index contributed by atoms with van der Waals surface area (Å²) in [4.78, 5) is 25.6. The van der Waals surface area contributed by atoms with Gasteiger partial charge in [-0.05, 0) is 53.7 Å². The molecule has 2 aliphatic heterocycles. The van der Waals surface area contributed by atoms with E-state index in [-0.39, 0.29) is 0 Å². The van der Waals surface area contributed by atoms with Crippen molar-refractivity contribution in [1.82, 2.24) is 0 Å². The van der Waals surface area contributed by atoms with Gasteiger partial charge in [0.25, 0.3) is 11.7 Å². The Labute approximate surface area is 126 Å². The van der Waals surface area contributed by atoms with Crippen molar-refractivity contribution in [2.24, 2.45) is 0 Å². The fraction of sp³-hybridized carbons (Fsp3) is 0.467. The van der Waals surface area contributed by atoms with Crippen LogP contribution in [0.25, 0.3) is 0 Å². The average Bonchev–Trinajstić information content (AvgIpc) is 2.73. The number of halogens is 1. The third-order valence-corrected chi connectivity index (χ3v) is 4.83. The molecule has 0 bridgehead atoms. The molecule has 3 rings (SSSR count). The maximum atomic E-state index is 11.7. The number of hydrogen-bond donors (Lipinski definition) is 1. The van der Waals surface area contributed by atoms with E-state index in [1.54, 1.807) is 6.07 Å². The second-order valence-electron chi connectivity index (χ2n) is 5.38. The van der Waals surface area contributed by atoms with Crippen LogP contribution in [0.4, 0.5) is 11.4 Å². The first-order valence-electron chi connectivity index (χ1n) is 7.07. The summed E-state index contributed by atoms with van der Waals surface area (Å²) >= 11 is 3.56. The Hall–Kier alpha value is -1.36. The zero-order valence-corrected chi connectivity index (χ0v) is 13.0. The van der Waals surface area contributed by atoms with Gasteiger partial charge >= 0.3 is 0 Å². The van der Waals surface area contributed by atoms with Crippen LogP contribution in [0, 0.1) is 0 Å². The SMILES string of the molecule is CCC1CCCCN1c1cc2c(cc1Br)C(=O)C(=O)N2. The van der Waals surface area contributed by atoms with Crippen LogP contribution in [0.3, 0.4) is 0 Å². The van der Waals surface area contributed by atoms with E-state index in [1.807, 2.05) is 6.07 Å². The first kappa shape index (κ1) is 13.6. The molecule has 1 N–H and O–H groups in total. The number of carbonyl (C=O) groups excluding carboxylic acids is 2. The van der Waals surface area contributed by atoms with E-state index in [0.717, 1.165) is 23.1 Å². The van der Waals surface area contributed by atoms with Crippen molar-refractivity contribution in [3.05, 3.63) is 22.2 Å². The van der Waals surface area contributed by atoms with Crippen molar-refractivity contribution in [2.75, 3.05) is 16.8 Å². The van der Waals surface area contributed by atoms with E-state index in [4.69, 9.17) is 0 Å². The molecule has 2 aliphatic rings. The summed E-state index contributed by atoms with van der Waals surface area (Å²) in [7, 11) is 0. The smallest absolute Gasteiger partial charge is 0.296 e. The van der Waals surface area contributed by atoms with Crippen LogP contribution in [0.5, 0.6) is 0 Å². The van der Waals surface area contributed by atoms with Gasteiger partial charge in [-0.25, -0.2) is 0 Å². The van der Waals surface area contributed by atoms with E-state index in [0.29, 0.717) is 17.3 Å². The molecule has 1 fully saturated rings. The standard InChI is InChI=1S/C15H17BrN2O2/c1-2-9-5-3-4-6-18(9)13-8-12-10(7-11(13)16)14(19)15(20)17-12/h7-9H,2-6H2,1H3,(H,17,19,20). The lowest BCUT2D eigenvalue weighted by Crippen LogP contribution is -2.39. The number of anilines is 2. The molecule has 1 amide bonds. The van der Waals surface area contributed by atoms with Gasteiger partial charge in [0.05, 0.1) is 16.9 Å². The van der Waals surface area contributed by atoms with Gasteiger partial charge in [0.1, 0.15) is 0 Å². The van der Waals surface area contributed by atoms with Gasteiger partial charge in [0.2, 0.25) is 0 Å². The Bertz CT molecular complexity index is 585. The Morgan fingerprint density at radius 2 is 2.15 bits per heavy atom. The molecular formula is C15H17BrN2O2. The summed E-state index contributed by atoms with van der Waals surface area (Å²) in [5, 5.41) is 2.65. The lowest BCUT2D eigenvalue weighted by molar-refractivity contribution is -0.112. The third kappa shape index (κ3) is 2.14. The van der Waals surface area contributed by atoms with Crippen LogP contribution in [0.15, 0.2) is 16.6 Å². The number of piperidine rings is 1. The highest BCUT2D eigenvalue weighted by Gasteiger charge is 2.31. The summed E-state index contributed by atoms with van der Waals surface area (Å²) in [6.45, 7) is 3.23. The Morgan fingerprint density at radius 1 is 1.35 bits per heavy atom. The zero-order chi connectivity index (χ0) is 14.3. The van der Waals surface area contributed by atoms with Crippen LogP contribution in [0.1, 0.15) is 43.0 Å². The van der Waals surface area contributed by atoms with Gasteiger partial charge in [-0.1, -0.05) is 6.92 Å². The summed E-state index contributed by atoms with van der Waals surface area (Å²) in [5.41, 5.74) is 2.18. The topological polar surface area (TPSA) is 49.4 Å². The molecule has 1 aromatic rings. The second-order valence-corrected chi connectivity index (χ2v) is 6.24. The third-order valence-electron chi connectivity index (χ3n) is 4.19. The molecule has 1 aromatic carbocycles. The van der Waals surface area contributed by atoms with E-state index < -0.39 is 11.7 Å². The molecule has 4 nitrogen and oxygen atoms in total. The second kappa shape index (κ2) is 5.20. The van der Waals surface area contributed by atoms with Crippen molar-refractivity contribution in [3.8, 4) is 0 Å². The maximum Gasteiger partial charge on any atom is 0.296 e. The highest BCUT2D eigenvalue weighted by atomic mass is 79.9. The summed E-state index contributed by atoms with van der Waals surface area (Å²) in [5.74, 6) is -0.979. The molecule has 1 atom stereocenters. The predicted molar refractivity (Wildman–Crippen MR) is 82.4 cm³/mol. The molecule has 106 valence electrons. The number of Topliss-reactive ketones (excluding diaryl/α,β-unsaturated/α-hetero) is 1. The molecule has 0 saturated carbocycles. The number of rotatable bonds is 2. The van der Waals surface area contributed by atoms with E-state index in [1.165, 1.54) is 19.3 Å². The fourth-order valence-electron chi connectivity index (χ4n) is 3.12. The van der Waals surface area contributed by atoms with Crippen LogP contribution in [-0.4, -0.2) is 24.3 Å². The number of benzene rings is 1. The maximum absolute atomic E-state index is 11.7. The first-order chi connectivity index (χ1) is 9.61. The number of carbonyl (C=O) groups is 2.